The van der Waals surface area contributed by atoms with E-state index < -0.39 is 10.8 Å². The number of halogens is 2. The second kappa shape index (κ2) is 9.24. The molecule has 0 radical (unpaired) electrons. The van der Waals surface area contributed by atoms with E-state index >= 15 is 0 Å². The van der Waals surface area contributed by atoms with Gasteiger partial charge in [-0.05, 0) is 30.3 Å². The summed E-state index contributed by atoms with van der Waals surface area (Å²) in [6, 6.07) is 11.8. The lowest BCUT2D eigenvalue weighted by Crippen LogP contribution is -2.49. The number of carbonyl (C=O) groups is 1. The number of amides is 1. The molecule has 1 amide bonds. The van der Waals surface area contributed by atoms with Crippen LogP contribution in [0.25, 0.3) is 0 Å². The highest BCUT2D eigenvalue weighted by molar-refractivity contribution is 6.33. The van der Waals surface area contributed by atoms with Gasteiger partial charge in [0.2, 0.25) is 0 Å². The third kappa shape index (κ3) is 4.85. The quantitative estimate of drug-likeness (QED) is 0.337. The lowest BCUT2D eigenvalue weighted by Gasteiger charge is -2.36. The molecule has 154 valence electrons. The van der Waals surface area contributed by atoms with Crippen LogP contribution >= 0.6 is 11.6 Å². The van der Waals surface area contributed by atoms with Crippen molar-refractivity contribution in [3.8, 4) is 6.07 Å². The van der Waals surface area contributed by atoms with Gasteiger partial charge in [-0.15, -0.1) is 0 Å². The van der Waals surface area contributed by atoms with Crippen LogP contribution in [0.4, 0.5) is 21.5 Å². The number of nitrogens with zero attached hydrogens (tertiary/aromatic N) is 4. The van der Waals surface area contributed by atoms with Gasteiger partial charge in [-0.1, -0.05) is 11.6 Å². The summed E-state index contributed by atoms with van der Waals surface area (Å²) in [7, 11) is 0. The van der Waals surface area contributed by atoms with Crippen molar-refractivity contribution in [3.05, 3.63) is 75.2 Å². The molecule has 1 saturated heterocycles. The highest BCUT2D eigenvalue weighted by Crippen LogP contribution is 2.27. The first kappa shape index (κ1) is 21.1. The zero-order valence-corrected chi connectivity index (χ0v) is 16.5. The Morgan fingerprint density at radius 3 is 2.47 bits per heavy atom. The van der Waals surface area contributed by atoms with E-state index in [-0.39, 0.29) is 27.8 Å². The third-order valence-electron chi connectivity index (χ3n) is 4.64. The van der Waals surface area contributed by atoms with Gasteiger partial charge < -0.3 is 15.1 Å². The van der Waals surface area contributed by atoms with Gasteiger partial charge in [0.1, 0.15) is 17.5 Å². The topological polar surface area (TPSA) is 103 Å². The number of nitriles is 1. The summed E-state index contributed by atoms with van der Waals surface area (Å²) in [5.74, 6) is -0.766. The Morgan fingerprint density at radius 2 is 1.87 bits per heavy atom. The molecule has 1 aliphatic heterocycles. The van der Waals surface area contributed by atoms with Gasteiger partial charge in [0.05, 0.1) is 15.6 Å². The van der Waals surface area contributed by atoms with Crippen molar-refractivity contribution in [2.45, 2.75) is 0 Å². The van der Waals surface area contributed by atoms with E-state index in [0.29, 0.717) is 26.2 Å². The predicted molar refractivity (Wildman–Crippen MR) is 111 cm³/mol. The Balaban J connectivity index is 1.65. The Morgan fingerprint density at radius 1 is 1.20 bits per heavy atom. The minimum atomic E-state index is -0.567. The van der Waals surface area contributed by atoms with Crippen LogP contribution in [-0.2, 0) is 4.79 Å². The summed E-state index contributed by atoms with van der Waals surface area (Å²) < 4.78 is 13.1. The van der Waals surface area contributed by atoms with Gasteiger partial charge in [0, 0.05) is 50.2 Å². The van der Waals surface area contributed by atoms with E-state index in [4.69, 9.17) is 11.6 Å². The van der Waals surface area contributed by atoms with E-state index in [2.05, 4.69) is 5.32 Å². The summed E-state index contributed by atoms with van der Waals surface area (Å²) >= 11 is 6.02. The number of nitrogens with one attached hydrogen (secondary N) is 1. The number of anilines is 2. The Labute approximate surface area is 176 Å². The Kier molecular flexibility index (Phi) is 6.49. The molecular weight excluding hydrogens is 413 g/mol. The van der Waals surface area contributed by atoms with Gasteiger partial charge in [-0.25, -0.2) is 4.39 Å². The molecule has 3 rings (SSSR count). The van der Waals surface area contributed by atoms with Crippen molar-refractivity contribution in [2.75, 3.05) is 36.4 Å². The summed E-state index contributed by atoms with van der Waals surface area (Å²) in [6.45, 7) is 1.88. The van der Waals surface area contributed by atoms with Crippen LogP contribution in [0, 0.1) is 27.3 Å². The number of nitro benzene ring substituents is 1. The fraction of sp³-hybridized carbons (Fsp3) is 0.200. The molecule has 0 spiro atoms. The Hall–Kier alpha value is -3.64. The van der Waals surface area contributed by atoms with Crippen molar-refractivity contribution in [3.63, 3.8) is 0 Å². The van der Waals surface area contributed by atoms with Crippen molar-refractivity contribution in [2.24, 2.45) is 0 Å². The third-order valence-corrected chi connectivity index (χ3v) is 4.97. The summed E-state index contributed by atoms with van der Waals surface area (Å²) in [6.07, 6.45) is 1.19. The first-order chi connectivity index (χ1) is 14.4. The molecule has 1 fully saturated rings. The van der Waals surface area contributed by atoms with Crippen LogP contribution in [0.2, 0.25) is 5.02 Å². The number of hydrogen-bond acceptors (Lipinski definition) is 6. The number of benzene rings is 2. The molecule has 1 heterocycles. The van der Waals surface area contributed by atoms with E-state index in [1.165, 1.54) is 36.5 Å². The van der Waals surface area contributed by atoms with Gasteiger partial charge >= 0.3 is 0 Å². The number of nitro groups is 1. The second-order valence-electron chi connectivity index (χ2n) is 6.49. The molecule has 0 unspecified atom stereocenters. The van der Waals surface area contributed by atoms with E-state index in [0.717, 1.165) is 5.69 Å². The lowest BCUT2D eigenvalue weighted by molar-refractivity contribution is -0.384. The van der Waals surface area contributed by atoms with Crippen LogP contribution < -0.4 is 10.2 Å². The van der Waals surface area contributed by atoms with Crippen LogP contribution in [0.5, 0.6) is 0 Å². The SMILES string of the molecule is N#C/C(=C/Nc1cc([N+](=O)[O-])ccc1Cl)C(=O)N1CCN(c2ccc(F)cc2)CC1. The summed E-state index contributed by atoms with van der Waals surface area (Å²) in [5, 5.41) is 23.2. The number of hydrogen-bond donors (Lipinski definition) is 1. The van der Waals surface area contributed by atoms with Gasteiger partial charge in [0.25, 0.3) is 11.6 Å². The standard InChI is InChI=1S/C20H17ClFN5O3/c21-18-6-5-17(27(29)30)11-19(18)24-13-14(12-23)20(28)26-9-7-25(8-10-26)16-3-1-15(22)2-4-16/h1-6,11,13,24H,7-10H2/b14-13-. The molecule has 2 aromatic rings. The van der Waals surface area contributed by atoms with Crippen molar-refractivity contribution in [1.82, 2.24) is 4.90 Å². The summed E-state index contributed by atoms with van der Waals surface area (Å²) in [5.41, 5.74) is 0.763. The number of rotatable bonds is 5. The second-order valence-corrected chi connectivity index (χ2v) is 6.90. The fourth-order valence-electron chi connectivity index (χ4n) is 3.02. The molecule has 8 nitrogen and oxygen atoms in total. The molecule has 0 aliphatic carbocycles. The predicted octanol–water partition coefficient (Wildman–Crippen LogP) is 3.56. The first-order valence-electron chi connectivity index (χ1n) is 8.99. The molecule has 0 aromatic heterocycles. The molecule has 0 atom stereocenters. The molecule has 2 aromatic carbocycles. The van der Waals surface area contributed by atoms with Crippen molar-refractivity contribution >= 4 is 34.6 Å². The lowest BCUT2D eigenvalue weighted by atomic mass is 10.2. The van der Waals surface area contributed by atoms with E-state index in [1.807, 2.05) is 11.0 Å². The van der Waals surface area contributed by atoms with Crippen LogP contribution in [0.3, 0.4) is 0 Å². The van der Waals surface area contributed by atoms with Crippen molar-refractivity contribution < 1.29 is 14.1 Å². The maximum absolute atomic E-state index is 13.1. The highest BCUT2D eigenvalue weighted by Gasteiger charge is 2.24. The van der Waals surface area contributed by atoms with Gasteiger partial charge in [-0.2, -0.15) is 5.26 Å². The van der Waals surface area contributed by atoms with Crippen LogP contribution in [-0.4, -0.2) is 41.9 Å². The molecule has 0 bridgehead atoms. The average molecular weight is 430 g/mol. The smallest absolute Gasteiger partial charge is 0.271 e. The molecule has 10 heteroatoms. The zero-order valence-electron chi connectivity index (χ0n) is 15.7. The maximum atomic E-state index is 13.1. The van der Waals surface area contributed by atoms with E-state index in [9.17, 15) is 24.6 Å². The largest absolute Gasteiger partial charge is 0.368 e. The van der Waals surface area contributed by atoms with Gasteiger partial charge in [0.15, 0.2) is 0 Å². The normalized spacial score (nSPS) is 14.2. The van der Waals surface area contributed by atoms with Crippen LogP contribution in [0.15, 0.2) is 54.2 Å². The molecule has 1 aliphatic rings. The fourth-order valence-corrected chi connectivity index (χ4v) is 3.19. The average Bonchev–Trinajstić information content (AvgIpc) is 2.75. The molecule has 1 N–H and O–H groups in total. The minimum Gasteiger partial charge on any atom is -0.368 e. The summed E-state index contributed by atoms with van der Waals surface area (Å²) in [4.78, 5) is 26.6. The molecular formula is C20H17ClFN5O3. The number of non-ortho nitro benzene ring substituents is 1. The van der Waals surface area contributed by atoms with Crippen molar-refractivity contribution in [1.29, 1.82) is 5.26 Å². The maximum Gasteiger partial charge on any atom is 0.271 e. The van der Waals surface area contributed by atoms with Gasteiger partial charge in [-0.3, -0.25) is 14.9 Å². The molecule has 30 heavy (non-hydrogen) atoms. The minimum absolute atomic E-state index is 0.146. The Bertz CT molecular complexity index is 1030. The molecule has 0 saturated carbocycles. The van der Waals surface area contributed by atoms with Crippen LogP contribution in [0.1, 0.15) is 0 Å². The number of carbonyl (C=O) groups excluding carboxylic acids is 1. The first-order valence-corrected chi connectivity index (χ1v) is 9.37. The zero-order chi connectivity index (χ0) is 21.7. The van der Waals surface area contributed by atoms with E-state index in [1.54, 1.807) is 17.0 Å². The highest BCUT2D eigenvalue weighted by atomic mass is 35.5. The number of piperazine rings is 1. The monoisotopic (exact) mass is 429 g/mol.